The summed E-state index contributed by atoms with van der Waals surface area (Å²) in [5, 5.41) is 0. The number of rotatable bonds is 4. The van der Waals surface area contributed by atoms with Crippen LogP contribution in [-0.4, -0.2) is 58.9 Å². The highest BCUT2D eigenvalue weighted by atomic mass is 16.2. The second-order valence-corrected chi connectivity index (χ2v) is 8.93. The van der Waals surface area contributed by atoms with Crippen molar-refractivity contribution in [1.29, 1.82) is 0 Å². The number of aromatic nitrogens is 2. The second kappa shape index (κ2) is 8.62. The molecule has 154 valence electrons. The van der Waals surface area contributed by atoms with Crippen LogP contribution in [-0.2, 0) is 6.42 Å². The zero-order valence-electron chi connectivity index (χ0n) is 17.7. The van der Waals surface area contributed by atoms with E-state index in [1.54, 1.807) is 12.5 Å². The fourth-order valence-corrected chi connectivity index (χ4v) is 5.30. The van der Waals surface area contributed by atoms with E-state index in [1.165, 1.54) is 12.0 Å². The van der Waals surface area contributed by atoms with Crippen LogP contribution >= 0.6 is 0 Å². The molecule has 0 radical (unpaired) electrons. The second-order valence-electron chi connectivity index (χ2n) is 8.93. The number of amides is 1. The Balaban J connectivity index is 1.45. The number of benzene rings is 1. The molecule has 3 heterocycles. The Labute approximate surface area is 174 Å². The number of hydrogen-bond acceptors (Lipinski definition) is 4. The number of likely N-dealkylation sites (tertiary alicyclic amines) is 2. The van der Waals surface area contributed by atoms with Crippen LogP contribution in [0.25, 0.3) is 0 Å². The van der Waals surface area contributed by atoms with Crippen molar-refractivity contribution in [2.24, 2.45) is 5.41 Å². The summed E-state index contributed by atoms with van der Waals surface area (Å²) < 4.78 is 0. The maximum Gasteiger partial charge on any atom is 0.257 e. The normalized spacial score (nSPS) is 22.0. The third-order valence-corrected chi connectivity index (χ3v) is 6.71. The van der Waals surface area contributed by atoms with Crippen LogP contribution in [0.1, 0.15) is 60.1 Å². The van der Waals surface area contributed by atoms with Gasteiger partial charge in [-0.3, -0.25) is 4.79 Å². The van der Waals surface area contributed by atoms with E-state index in [1.807, 2.05) is 4.90 Å². The number of nitrogens with zero attached hydrogens (tertiary/aromatic N) is 4. The average molecular weight is 393 g/mol. The molecule has 2 aliphatic rings. The van der Waals surface area contributed by atoms with Gasteiger partial charge in [0.15, 0.2) is 0 Å². The number of aryl methyl sites for hydroxylation is 1. The lowest BCUT2D eigenvalue weighted by molar-refractivity contribution is 0.0223. The third-order valence-electron chi connectivity index (χ3n) is 6.71. The molecule has 0 bridgehead atoms. The zero-order valence-corrected chi connectivity index (χ0v) is 17.7. The Kier molecular flexibility index (Phi) is 5.95. The van der Waals surface area contributed by atoms with Crippen LogP contribution in [0.4, 0.5) is 0 Å². The first-order chi connectivity index (χ1) is 14.1. The Bertz CT molecular complexity index is 830. The minimum Gasteiger partial charge on any atom is -0.339 e. The van der Waals surface area contributed by atoms with E-state index in [2.05, 4.69) is 59.2 Å². The molecule has 5 nitrogen and oxygen atoms in total. The van der Waals surface area contributed by atoms with E-state index < -0.39 is 0 Å². The molecule has 1 aromatic carbocycles. The maximum absolute atomic E-state index is 13.2. The summed E-state index contributed by atoms with van der Waals surface area (Å²) in [7, 11) is 2.24. The van der Waals surface area contributed by atoms with Gasteiger partial charge in [-0.05, 0) is 49.6 Å². The molecule has 0 aliphatic carbocycles. The molecule has 0 N–H and O–H groups in total. The molecular weight excluding hydrogens is 360 g/mol. The van der Waals surface area contributed by atoms with Crippen molar-refractivity contribution in [2.45, 2.75) is 44.9 Å². The summed E-state index contributed by atoms with van der Waals surface area (Å²) in [6.45, 7) is 6.02. The molecule has 5 heteroatoms. The van der Waals surface area contributed by atoms with Crippen molar-refractivity contribution >= 4 is 5.91 Å². The van der Waals surface area contributed by atoms with E-state index in [9.17, 15) is 4.79 Å². The van der Waals surface area contributed by atoms with Crippen LogP contribution in [0.2, 0.25) is 0 Å². The molecule has 1 aromatic heterocycles. The van der Waals surface area contributed by atoms with Crippen molar-refractivity contribution in [3.05, 3.63) is 59.7 Å². The molecule has 2 saturated heterocycles. The molecule has 2 aliphatic heterocycles. The SMILES string of the molecule is CCCc1ncncc1C(=O)N1CCC2(CC1)C[C@@H](c1ccccc1)CN(C)C2. The lowest BCUT2D eigenvalue weighted by atomic mass is 9.68. The molecule has 2 fully saturated rings. The van der Waals surface area contributed by atoms with E-state index >= 15 is 0 Å². The zero-order chi connectivity index (χ0) is 20.3. The summed E-state index contributed by atoms with van der Waals surface area (Å²) in [5.74, 6) is 0.684. The topological polar surface area (TPSA) is 49.3 Å². The van der Waals surface area contributed by atoms with Crippen molar-refractivity contribution in [3.8, 4) is 0 Å². The summed E-state index contributed by atoms with van der Waals surface area (Å²) >= 11 is 0. The van der Waals surface area contributed by atoms with Crippen LogP contribution in [0, 0.1) is 5.41 Å². The van der Waals surface area contributed by atoms with Gasteiger partial charge in [0, 0.05) is 32.4 Å². The first kappa shape index (κ1) is 20.0. The van der Waals surface area contributed by atoms with Crippen molar-refractivity contribution in [3.63, 3.8) is 0 Å². The van der Waals surface area contributed by atoms with Gasteiger partial charge >= 0.3 is 0 Å². The van der Waals surface area contributed by atoms with Gasteiger partial charge < -0.3 is 9.80 Å². The third kappa shape index (κ3) is 4.35. The largest absolute Gasteiger partial charge is 0.339 e. The van der Waals surface area contributed by atoms with Crippen LogP contribution < -0.4 is 0 Å². The molecule has 1 atom stereocenters. The van der Waals surface area contributed by atoms with Crippen LogP contribution in [0.5, 0.6) is 0 Å². The van der Waals surface area contributed by atoms with Gasteiger partial charge in [-0.15, -0.1) is 0 Å². The average Bonchev–Trinajstić information content (AvgIpc) is 2.75. The highest BCUT2D eigenvalue weighted by molar-refractivity contribution is 5.95. The molecule has 0 unspecified atom stereocenters. The van der Waals surface area contributed by atoms with Crippen LogP contribution in [0.15, 0.2) is 42.9 Å². The Morgan fingerprint density at radius 1 is 1.21 bits per heavy atom. The highest BCUT2D eigenvalue weighted by Crippen LogP contribution is 2.44. The summed E-state index contributed by atoms with van der Waals surface area (Å²) in [6, 6.07) is 10.9. The van der Waals surface area contributed by atoms with Gasteiger partial charge in [0.25, 0.3) is 5.91 Å². The number of hydrogen-bond donors (Lipinski definition) is 0. The highest BCUT2D eigenvalue weighted by Gasteiger charge is 2.42. The monoisotopic (exact) mass is 392 g/mol. The lowest BCUT2D eigenvalue weighted by Gasteiger charge is -2.49. The molecule has 29 heavy (non-hydrogen) atoms. The van der Waals surface area contributed by atoms with Crippen molar-refractivity contribution in [1.82, 2.24) is 19.8 Å². The number of piperidine rings is 2. The molecule has 2 aromatic rings. The molecule has 1 spiro atoms. The Morgan fingerprint density at radius 2 is 1.97 bits per heavy atom. The van der Waals surface area contributed by atoms with Gasteiger partial charge in [-0.1, -0.05) is 43.7 Å². The molecule has 0 saturated carbocycles. The van der Waals surface area contributed by atoms with Gasteiger partial charge in [-0.25, -0.2) is 9.97 Å². The molecule has 1 amide bonds. The smallest absolute Gasteiger partial charge is 0.257 e. The van der Waals surface area contributed by atoms with Gasteiger partial charge in [0.05, 0.1) is 11.3 Å². The van der Waals surface area contributed by atoms with E-state index in [-0.39, 0.29) is 5.91 Å². The fourth-order valence-electron chi connectivity index (χ4n) is 5.30. The fraction of sp³-hybridized carbons (Fsp3) is 0.542. The van der Waals surface area contributed by atoms with Crippen molar-refractivity contribution in [2.75, 3.05) is 33.2 Å². The predicted molar refractivity (Wildman–Crippen MR) is 115 cm³/mol. The standard InChI is InChI=1S/C24H32N4O/c1-3-7-22-21(15-25-18-26-22)23(29)28-12-10-24(11-13-28)14-20(16-27(2)17-24)19-8-5-4-6-9-19/h4-6,8-9,15,18,20H,3,7,10-14,16-17H2,1-2H3/t20-/m1/s1. The quantitative estimate of drug-likeness (QED) is 0.795. The summed E-state index contributed by atoms with van der Waals surface area (Å²) in [5.41, 5.74) is 3.33. The van der Waals surface area contributed by atoms with Gasteiger partial charge in [-0.2, -0.15) is 0 Å². The minimum absolute atomic E-state index is 0.104. The summed E-state index contributed by atoms with van der Waals surface area (Å²) in [4.78, 5) is 26.1. The Hall–Kier alpha value is -2.27. The van der Waals surface area contributed by atoms with E-state index in [0.29, 0.717) is 16.9 Å². The van der Waals surface area contributed by atoms with Gasteiger partial charge in [0.2, 0.25) is 0 Å². The number of carbonyl (C=O) groups is 1. The first-order valence-corrected chi connectivity index (χ1v) is 10.9. The first-order valence-electron chi connectivity index (χ1n) is 10.9. The van der Waals surface area contributed by atoms with E-state index in [0.717, 1.165) is 57.6 Å². The summed E-state index contributed by atoms with van der Waals surface area (Å²) in [6.07, 6.45) is 8.42. The predicted octanol–water partition coefficient (Wildman–Crippen LogP) is 3.77. The maximum atomic E-state index is 13.2. The number of likely N-dealkylation sites (N-methyl/N-ethyl adjacent to an activating group) is 1. The minimum atomic E-state index is 0.104. The van der Waals surface area contributed by atoms with Gasteiger partial charge in [0.1, 0.15) is 6.33 Å². The number of carbonyl (C=O) groups excluding carboxylic acids is 1. The molecular formula is C24H32N4O. The van der Waals surface area contributed by atoms with Crippen LogP contribution in [0.3, 0.4) is 0 Å². The lowest BCUT2D eigenvalue weighted by Crippen LogP contribution is -2.51. The molecule has 4 rings (SSSR count). The van der Waals surface area contributed by atoms with Crippen molar-refractivity contribution < 1.29 is 4.79 Å². The Morgan fingerprint density at radius 3 is 2.69 bits per heavy atom. The van der Waals surface area contributed by atoms with E-state index in [4.69, 9.17) is 0 Å².